The first-order valence-corrected chi connectivity index (χ1v) is 3.99. The zero-order valence-electron chi connectivity index (χ0n) is 7.80. The summed E-state index contributed by atoms with van der Waals surface area (Å²) in [6.45, 7) is 1.39. The van der Waals surface area contributed by atoms with E-state index < -0.39 is 30.7 Å². The van der Waals surface area contributed by atoms with Crippen LogP contribution in [0.3, 0.4) is 0 Å². The van der Waals surface area contributed by atoms with Crippen LogP contribution in [0.5, 0.6) is 0 Å². The first-order valence-electron chi connectivity index (χ1n) is 3.99. The van der Waals surface area contributed by atoms with Gasteiger partial charge in [0.25, 0.3) is 0 Å². The van der Waals surface area contributed by atoms with Gasteiger partial charge in [-0.1, -0.05) is 0 Å². The maximum absolute atomic E-state index is 11.8. The van der Waals surface area contributed by atoms with E-state index in [0.29, 0.717) is 0 Å². The fraction of sp³-hybridized carbons (Fsp3) is 0.714. The molecule has 1 amide bonds. The lowest BCUT2D eigenvalue weighted by Gasteiger charge is -2.15. The molecule has 0 rings (SSSR count). The molecule has 0 radical (unpaired) electrons. The number of ether oxygens (including phenoxy) is 1. The van der Waals surface area contributed by atoms with Crippen LogP contribution in [0.1, 0.15) is 13.3 Å². The quantitative estimate of drug-likeness (QED) is 0.757. The van der Waals surface area contributed by atoms with E-state index in [1.54, 1.807) is 5.32 Å². The molecule has 88 valence electrons. The summed E-state index contributed by atoms with van der Waals surface area (Å²) < 4.78 is 39.8. The number of halogens is 3. The van der Waals surface area contributed by atoms with Gasteiger partial charge in [0, 0.05) is 0 Å². The van der Waals surface area contributed by atoms with Gasteiger partial charge in [0.15, 0.2) is 0 Å². The number of hydrogen-bond donors (Lipinski definition) is 2. The number of nitrogens with one attached hydrogen (secondary N) is 1. The monoisotopic (exact) mass is 229 g/mol. The molecule has 0 aromatic carbocycles. The van der Waals surface area contributed by atoms with Crippen molar-refractivity contribution in [3.05, 3.63) is 0 Å². The van der Waals surface area contributed by atoms with Gasteiger partial charge in [0.1, 0.15) is 6.04 Å². The Bertz CT molecular complexity index is 241. The molecule has 0 aliphatic carbocycles. The first kappa shape index (κ1) is 13.5. The van der Waals surface area contributed by atoms with Crippen LogP contribution in [-0.4, -0.2) is 36.0 Å². The van der Waals surface area contributed by atoms with Crippen LogP contribution in [0.25, 0.3) is 0 Å². The van der Waals surface area contributed by atoms with Crippen LogP contribution >= 0.6 is 0 Å². The lowest BCUT2D eigenvalue weighted by Crippen LogP contribution is -2.43. The van der Waals surface area contributed by atoms with E-state index in [4.69, 9.17) is 5.11 Å². The van der Waals surface area contributed by atoms with Crippen LogP contribution in [0.2, 0.25) is 0 Å². The highest BCUT2D eigenvalue weighted by atomic mass is 19.4. The Morgan fingerprint density at radius 3 is 2.33 bits per heavy atom. The van der Waals surface area contributed by atoms with E-state index in [1.807, 2.05) is 0 Å². The fourth-order valence-corrected chi connectivity index (χ4v) is 0.747. The first-order chi connectivity index (χ1) is 6.76. The van der Waals surface area contributed by atoms with Crippen molar-refractivity contribution in [2.45, 2.75) is 25.6 Å². The van der Waals surface area contributed by atoms with E-state index in [0.717, 1.165) is 0 Å². The predicted octanol–water partition coefficient (Wildman–Crippen LogP) is 1.14. The molecular weight excluding hydrogens is 219 g/mol. The van der Waals surface area contributed by atoms with Gasteiger partial charge in [-0.25, -0.2) is 9.59 Å². The molecule has 0 aromatic rings. The molecule has 0 fully saturated rings. The molecule has 0 heterocycles. The summed E-state index contributed by atoms with van der Waals surface area (Å²) in [5, 5.41) is 9.98. The van der Waals surface area contributed by atoms with E-state index in [-0.39, 0.29) is 6.61 Å². The molecule has 15 heavy (non-hydrogen) atoms. The highest BCUT2D eigenvalue weighted by Crippen LogP contribution is 2.21. The maximum Gasteiger partial charge on any atom is 0.407 e. The zero-order chi connectivity index (χ0) is 12.1. The molecule has 0 aliphatic rings. The third kappa shape index (κ3) is 6.58. The van der Waals surface area contributed by atoms with Gasteiger partial charge in [-0.05, 0) is 6.92 Å². The van der Waals surface area contributed by atoms with E-state index in [2.05, 4.69) is 4.74 Å². The second-order valence-electron chi connectivity index (χ2n) is 2.57. The number of rotatable bonds is 4. The molecule has 5 nitrogen and oxygen atoms in total. The number of amides is 1. The summed E-state index contributed by atoms with van der Waals surface area (Å²) in [6, 6.07) is -2.02. The van der Waals surface area contributed by atoms with Crippen LogP contribution in [0.4, 0.5) is 18.0 Å². The summed E-state index contributed by atoms with van der Waals surface area (Å²) in [5.41, 5.74) is 0. The number of hydrogen-bond acceptors (Lipinski definition) is 3. The number of alkyl carbamates (subject to hydrolysis) is 1. The second-order valence-corrected chi connectivity index (χ2v) is 2.57. The van der Waals surface area contributed by atoms with Crippen LogP contribution in [0.15, 0.2) is 0 Å². The lowest BCUT2D eigenvalue weighted by atomic mass is 10.2. The van der Waals surface area contributed by atoms with Gasteiger partial charge in [0.2, 0.25) is 0 Å². The Kier molecular flexibility index (Phi) is 4.89. The Balaban J connectivity index is 4.29. The topological polar surface area (TPSA) is 75.6 Å². The Morgan fingerprint density at radius 1 is 1.47 bits per heavy atom. The molecule has 1 atom stereocenters. The van der Waals surface area contributed by atoms with Crippen LogP contribution in [-0.2, 0) is 9.53 Å². The molecule has 0 aliphatic heterocycles. The molecule has 8 heteroatoms. The van der Waals surface area contributed by atoms with Gasteiger partial charge < -0.3 is 15.2 Å². The fourth-order valence-electron chi connectivity index (χ4n) is 0.747. The maximum atomic E-state index is 11.8. The largest absolute Gasteiger partial charge is 0.480 e. The summed E-state index contributed by atoms with van der Waals surface area (Å²) in [4.78, 5) is 21.0. The number of carboxylic acid groups (broad SMARTS) is 1. The SMILES string of the molecule is CCOC(=O)NC(CC(F)(F)F)C(=O)O. The van der Waals surface area contributed by atoms with E-state index >= 15 is 0 Å². The molecular formula is C7H10F3NO4. The zero-order valence-corrected chi connectivity index (χ0v) is 7.80. The van der Waals surface area contributed by atoms with Crippen molar-refractivity contribution in [2.75, 3.05) is 6.61 Å². The molecule has 2 N–H and O–H groups in total. The second kappa shape index (κ2) is 5.42. The number of carbonyl (C=O) groups excluding carboxylic acids is 1. The minimum atomic E-state index is -4.66. The summed E-state index contributed by atoms with van der Waals surface area (Å²) in [6.07, 6.45) is -7.49. The Morgan fingerprint density at radius 2 is 2.00 bits per heavy atom. The van der Waals surface area contributed by atoms with Crippen molar-refractivity contribution >= 4 is 12.1 Å². The lowest BCUT2D eigenvalue weighted by molar-refractivity contribution is -0.158. The summed E-state index contributed by atoms with van der Waals surface area (Å²) in [7, 11) is 0. The van der Waals surface area contributed by atoms with Crippen molar-refractivity contribution < 1.29 is 32.6 Å². The van der Waals surface area contributed by atoms with Gasteiger partial charge in [-0.2, -0.15) is 13.2 Å². The average Bonchev–Trinajstić information content (AvgIpc) is 2.00. The van der Waals surface area contributed by atoms with Crippen LogP contribution < -0.4 is 5.32 Å². The third-order valence-corrected chi connectivity index (χ3v) is 1.30. The molecule has 0 spiro atoms. The molecule has 1 unspecified atom stereocenters. The summed E-state index contributed by atoms with van der Waals surface area (Å²) >= 11 is 0. The van der Waals surface area contributed by atoms with Gasteiger partial charge >= 0.3 is 18.2 Å². The minimum absolute atomic E-state index is 0.0514. The normalized spacial score (nSPS) is 13.1. The summed E-state index contributed by atoms with van der Waals surface area (Å²) in [5.74, 6) is -1.76. The smallest absolute Gasteiger partial charge is 0.407 e. The minimum Gasteiger partial charge on any atom is -0.480 e. The molecule has 0 saturated carbocycles. The third-order valence-electron chi connectivity index (χ3n) is 1.30. The van der Waals surface area contributed by atoms with Crippen LogP contribution in [0, 0.1) is 0 Å². The van der Waals surface area contributed by atoms with Crippen molar-refractivity contribution in [1.29, 1.82) is 0 Å². The number of carboxylic acids is 1. The van der Waals surface area contributed by atoms with E-state index in [1.165, 1.54) is 6.92 Å². The number of carbonyl (C=O) groups is 2. The van der Waals surface area contributed by atoms with Crippen molar-refractivity contribution in [3.63, 3.8) is 0 Å². The average molecular weight is 229 g/mol. The van der Waals surface area contributed by atoms with E-state index in [9.17, 15) is 22.8 Å². The van der Waals surface area contributed by atoms with Gasteiger partial charge in [0.05, 0.1) is 13.0 Å². The molecule has 0 aromatic heterocycles. The predicted molar refractivity (Wildman–Crippen MR) is 42.3 cm³/mol. The molecule has 0 bridgehead atoms. The van der Waals surface area contributed by atoms with Gasteiger partial charge in [-0.3, -0.25) is 0 Å². The Hall–Kier alpha value is -1.47. The highest BCUT2D eigenvalue weighted by molar-refractivity contribution is 5.79. The number of alkyl halides is 3. The van der Waals surface area contributed by atoms with Gasteiger partial charge in [-0.15, -0.1) is 0 Å². The van der Waals surface area contributed by atoms with Crippen molar-refractivity contribution in [2.24, 2.45) is 0 Å². The van der Waals surface area contributed by atoms with Crippen molar-refractivity contribution in [1.82, 2.24) is 5.32 Å². The standard InChI is InChI=1S/C7H10F3NO4/c1-2-15-6(14)11-4(5(12)13)3-7(8,9)10/h4H,2-3H2,1H3,(H,11,14)(H,12,13). The number of aliphatic carboxylic acids is 1. The van der Waals surface area contributed by atoms with Crippen molar-refractivity contribution in [3.8, 4) is 0 Å². The highest BCUT2D eigenvalue weighted by Gasteiger charge is 2.36. The molecule has 0 saturated heterocycles. The Labute approximate surface area is 83.2 Å².